The molecule has 0 atom stereocenters. The monoisotopic (exact) mass is 377 g/mol. The summed E-state index contributed by atoms with van der Waals surface area (Å²) in [4.78, 5) is 30.1. The molecule has 0 spiro atoms. The molecule has 1 heterocycles. The van der Waals surface area contributed by atoms with Gasteiger partial charge in [-0.25, -0.2) is 4.98 Å². The van der Waals surface area contributed by atoms with E-state index in [4.69, 9.17) is 9.47 Å². The molecule has 2 rings (SSSR count). The summed E-state index contributed by atoms with van der Waals surface area (Å²) >= 11 is 1.33. The normalized spacial score (nSPS) is 10.5. The summed E-state index contributed by atoms with van der Waals surface area (Å²) in [5.74, 6) is -0.514. The molecule has 0 aliphatic heterocycles. The number of benzene rings is 1. The minimum Gasteiger partial charge on any atom is -0.385 e. The molecular weight excluding hydrogens is 354 g/mol. The molecule has 2 amide bonds. The molecule has 0 aliphatic rings. The predicted molar refractivity (Wildman–Crippen MR) is 99.9 cm³/mol. The molecule has 0 unspecified atom stereocenters. The number of carbonyl (C=O) groups is 2. The number of aromatic nitrogens is 1. The lowest BCUT2D eigenvalue weighted by Gasteiger charge is -2.22. The van der Waals surface area contributed by atoms with Crippen molar-refractivity contribution in [3.8, 4) is 0 Å². The van der Waals surface area contributed by atoms with E-state index < -0.39 is 0 Å². The summed E-state index contributed by atoms with van der Waals surface area (Å²) in [6.07, 6.45) is 2.25. The molecule has 2 aromatic rings. The lowest BCUT2D eigenvalue weighted by molar-refractivity contribution is -0.139. The SMILES string of the molecule is COCCCN(CC(=O)Nc1nccs1)C(=O)COCc1ccccc1. The zero-order valence-electron chi connectivity index (χ0n) is 14.7. The van der Waals surface area contributed by atoms with Crippen molar-refractivity contribution in [2.75, 3.05) is 38.7 Å². The third kappa shape index (κ3) is 7.30. The van der Waals surface area contributed by atoms with Crippen LogP contribution in [0.15, 0.2) is 41.9 Å². The lowest BCUT2D eigenvalue weighted by atomic mass is 10.2. The van der Waals surface area contributed by atoms with E-state index in [-0.39, 0.29) is 25.0 Å². The minimum absolute atomic E-state index is 0.0448. The highest BCUT2D eigenvalue weighted by atomic mass is 32.1. The molecule has 8 heteroatoms. The van der Waals surface area contributed by atoms with E-state index in [1.54, 1.807) is 18.7 Å². The third-order valence-corrected chi connectivity index (χ3v) is 4.17. The second-order valence-electron chi connectivity index (χ2n) is 5.53. The van der Waals surface area contributed by atoms with Gasteiger partial charge in [0.1, 0.15) is 6.61 Å². The van der Waals surface area contributed by atoms with Gasteiger partial charge in [-0.15, -0.1) is 11.3 Å². The smallest absolute Gasteiger partial charge is 0.249 e. The van der Waals surface area contributed by atoms with Crippen LogP contribution in [0.2, 0.25) is 0 Å². The highest BCUT2D eigenvalue weighted by Gasteiger charge is 2.17. The van der Waals surface area contributed by atoms with Gasteiger partial charge in [0.2, 0.25) is 11.8 Å². The van der Waals surface area contributed by atoms with E-state index in [1.807, 2.05) is 30.3 Å². The van der Waals surface area contributed by atoms with E-state index >= 15 is 0 Å². The topological polar surface area (TPSA) is 80.8 Å². The van der Waals surface area contributed by atoms with Gasteiger partial charge in [0.05, 0.1) is 13.2 Å². The van der Waals surface area contributed by atoms with Gasteiger partial charge in [-0.3, -0.25) is 9.59 Å². The molecule has 140 valence electrons. The maximum atomic E-state index is 12.4. The van der Waals surface area contributed by atoms with Crippen molar-refractivity contribution in [1.29, 1.82) is 0 Å². The van der Waals surface area contributed by atoms with Crippen LogP contribution in [-0.4, -0.2) is 55.1 Å². The zero-order valence-corrected chi connectivity index (χ0v) is 15.5. The first-order chi connectivity index (χ1) is 12.7. The molecule has 7 nitrogen and oxygen atoms in total. The highest BCUT2D eigenvalue weighted by molar-refractivity contribution is 7.13. The van der Waals surface area contributed by atoms with E-state index in [9.17, 15) is 9.59 Å². The average Bonchev–Trinajstić information content (AvgIpc) is 3.14. The van der Waals surface area contributed by atoms with Crippen LogP contribution in [0.3, 0.4) is 0 Å². The van der Waals surface area contributed by atoms with Crippen LogP contribution >= 0.6 is 11.3 Å². The molecule has 0 fully saturated rings. The van der Waals surface area contributed by atoms with Crippen LogP contribution in [0.1, 0.15) is 12.0 Å². The Balaban J connectivity index is 1.83. The largest absolute Gasteiger partial charge is 0.385 e. The Labute approximate surface area is 156 Å². The van der Waals surface area contributed by atoms with Crippen LogP contribution < -0.4 is 5.32 Å². The first-order valence-electron chi connectivity index (χ1n) is 8.26. The standard InChI is InChI=1S/C18H23N3O4S/c1-24-10-5-9-21(12-16(22)20-18-19-8-11-26-18)17(23)14-25-13-15-6-3-2-4-7-15/h2-4,6-8,11H,5,9-10,12-14H2,1H3,(H,19,20,22). The number of carbonyl (C=O) groups excluding carboxylic acids is 2. The zero-order chi connectivity index (χ0) is 18.6. The number of hydrogen-bond donors (Lipinski definition) is 1. The fourth-order valence-corrected chi connectivity index (χ4v) is 2.78. The van der Waals surface area contributed by atoms with Crippen molar-refractivity contribution < 1.29 is 19.1 Å². The van der Waals surface area contributed by atoms with Crippen molar-refractivity contribution in [2.45, 2.75) is 13.0 Å². The first-order valence-corrected chi connectivity index (χ1v) is 9.14. The Morgan fingerprint density at radius 1 is 1.27 bits per heavy atom. The van der Waals surface area contributed by atoms with Gasteiger partial charge < -0.3 is 19.7 Å². The fraction of sp³-hybridized carbons (Fsp3) is 0.389. The van der Waals surface area contributed by atoms with Crippen molar-refractivity contribution >= 4 is 28.3 Å². The van der Waals surface area contributed by atoms with Gasteiger partial charge in [-0.05, 0) is 12.0 Å². The third-order valence-electron chi connectivity index (χ3n) is 3.48. The summed E-state index contributed by atoms with van der Waals surface area (Å²) < 4.78 is 10.5. The van der Waals surface area contributed by atoms with E-state index in [0.717, 1.165) is 5.56 Å². The molecule has 0 aliphatic carbocycles. The number of ether oxygens (including phenoxy) is 2. The van der Waals surface area contributed by atoms with Crippen LogP contribution in [0.4, 0.5) is 5.13 Å². The summed E-state index contributed by atoms with van der Waals surface area (Å²) in [7, 11) is 1.60. The number of rotatable bonds is 11. The molecule has 0 saturated heterocycles. The van der Waals surface area contributed by atoms with Gasteiger partial charge in [0, 0.05) is 31.8 Å². The van der Waals surface area contributed by atoms with Gasteiger partial charge in [0.25, 0.3) is 0 Å². The quantitative estimate of drug-likeness (QED) is 0.607. The number of thiazole rings is 1. The Morgan fingerprint density at radius 3 is 2.77 bits per heavy atom. The highest BCUT2D eigenvalue weighted by Crippen LogP contribution is 2.10. The van der Waals surface area contributed by atoms with Gasteiger partial charge in [0.15, 0.2) is 5.13 Å². The Bertz CT molecular complexity index is 664. The maximum absolute atomic E-state index is 12.4. The Morgan fingerprint density at radius 2 is 2.08 bits per heavy atom. The van der Waals surface area contributed by atoms with Gasteiger partial charge in [-0.1, -0.05) is 30.3 Å². The Hall–Kier alpha value is -2.29. The molecule has 1 aromatic heterocycles. The summed E-state index contributed by atoms with van der Waals surface area (Å²) in [5, 5.41) is 4.97. The molecule has 0 bridgehead atoms. The van der Waals surface area contributed by atoms with Crippen LogP contribution in [0, 0.1) is 0 Å². The predicted octanol–water partition coefficient (Wildman–Crippen LogP) is 2.16. The van der Waals surface area contributed by atoms with Gasteiger partial charge in [-0.2, -0.15) is 0 Å². The number of nitrogens with one attached hydrogen (secondary N) is 1. The van der Waals surface area contributed by atoms with Crippen molar-refractivity contribution in [3.05, 3.63) is 47.5 Å². The summed E-state index contributed by atoms with van der Waals surface area (Å²) in [5.41, 5.74) is 0.993. The van der Waals surface area contributed by atoms with Gasteiger partial charge >= 0.3 is 0 Å². The number of anilines is 1. The fourth-order valence-electron chi connectivity index (χ4n) is 2.23. The Kier molecular flexibility index (Phi) is 8.74. The number of amides is 2. The molecule has 1 N–H and O–H groups in total. The van der Waals surface area contributed by atoms with Crippen LogP contribution in [-0.2, 0) is 25.7 Å². The van der Waals surface area contributed by atoms with Crippen molar-refractivity contribution in [1.82, 2.24) is 9.88 Å². The first kappa shape index (κ1) is 20.0. The van der Waals surface area contributed by atoms with Crippen LogP contribution in [0.5, 0.6) is 0 Å². The molecule has 0 saturated carbocycles. The maximum Gasteiger partial charge on any atom is 0.249 e. The molecule has 26 heavy (non-hydrogen) atoms. The number of nitrogens with zero attached hydrogens (tertiary/aromatic N) is 2. The number of hydrogen-bond acceptors (Lipinski definition) is 6. The van der Waals surface area contributed by atoms with E-state index in [1.165, 1.54) is 16.2 Å². The summed E-state index contributed by atoms with van der Waals surface area (Å²) in [6, 6.07) is 9.62. The average molecular weight is 377 g/mol. The minimum atomic E-state index is -0.284. The van der Waals surface area contributed by atoms with E-state index in [2.05, 4.69) is 10.3 Å². The number of methoxy groups -OCH3 is 1. The van der Waals surface area contributed by atoms with E-state index in [0.29, 0.717) is 31.3 Å². The molecule has 0 radical (unpaired) electrons. The second-order valence-corrected chi connectivity index (χ2v) is 6.42. The molecular formula is C18H23N3O4S. The summed E-state index contributed by atoms with van der Waals surface area (Å²) in [6.45, 7) is 1.17. The van der Waals surface area contributed by atoms with Crippen molar-refractivity contribution in [2.24, 2.45) is 0 Å². The van der Waals surface area contributed by atoms with Crippen LogP contribution in [0.25, 0.3) is 0 Å². The van der Waals surface area contributed by atoms with Crippen molar-refractivity contribution in [3.63, 3.8) is 0 Å². The molecule has 1 aromatic carbocycles. The second kappa shape index (κ2) is 11.3. The lowest BCUT2D eigenvalue weighted by Crippen LogP contribution is -2.40.